The first-order chi connectivity index (χ1) is 11.0. The number of aliphatic carboxylic acids is 1. The number of rotatable bonds is 4. The van der Waals surface area contributed by atoms with Gasteiger partial charge in [-0.3, -0.25) is 9.69 Å². The van der Waals surface area contributed by atoms with Crippen LogP contribution >= 0.6 is 0 Å². The normalized spacial score (nSPS) is 25.1. The Labute approximate surface area is 137 Å². The zero-order valence-electron chi connectivity index (χ0n) is 14.2. The fraction of sp³-hybridized carbons (Fsp3) is 0.824. The number of hydrogen-bond donors (Lipinski definition) is 1. The first kappa shape index (κ1) is 16.4. The zero-order valence-corrected chi connectivity index (χ0v) is 14.2. The van der Waals surface area contributed by atoms with Crippen molar-refractivity contribution in [2.45, 2.75) is 76.9 Å². The lowest BCUT2D eigenvalue weighted by atomic mass is 9.72. The summed E-state index contributed by atoms with van der Waals surface area (Å²) in [5.41, 5.74) is 0.179. The van der Waals surface area contributed by atoms with Crippen molar-refractivity contribution >= 4 is 5.97 Å². The maximum absolute atomic E-state index is 11.5. The van der Waals surface area contributed by atoms with Crippen molar-refractivity contribution in [1.29, 1.82) is 0 Å². The van der Waals surface area contributed by atoms with Gasteiger partial charge in [0.25, 0.3) is 0 Å². The standard InChI is InChI=1S/C17H28N4O2/c1-13(2)21-15(18-12-19-21)11-20-10-14(16(22)23)6-9-17(20)7-4-3-5-8-17/h12-14H,3-11H2,1-2H3,(H,22,23). The highest BCUT2D eigenvalue weighted by atomic mass is 16.4. The summed E-state index contributed by atoms with van der Waals surface area (Å²) in [4.78, 5) is 18.3. The molecule has 0 radical (unpaired) electrons. The molecule has 1 aliphatic carbocycles. The number of carbonyl (C=O) groups is 1. The Morgan fingerprint density at radius 3 is 2.74 bits per heavy atom. The molecule has 1 N–H and O–H groups in total. The van der Waals surface area contributed by atoms with Crippen LogP contribution in [0.4, 0.5) is 0 Å². The van der Waals surface area contributed by atoms with Gasteiger partial charge in [0.1, 0.15) is 12.2 Å². The molecule has 3 rings (SSSR count). The zero-order chi connectivity index (χ0) is 16.4. The number of piperidine rings is 1. The van der Waals surface area contributed by atoms with Crippen molar-refractivity contribution in [3.05, 3.63) is 12.2 Å². The number of nitrogens with zero attached hydrogens (tertiary/aromatic N) is 4. The molecule has 2 fully saturated rings. The summed E-state index contributed by atoms with van der Waals surface area (Å²) in [6, 6.07) is 0.273. The van der Waals surface area contributed by atoms with Gasteiger partial charge in [0.15, 0.2) is 0 Å². The van der Waals surface area contributed by atoms with Crippen molar-refractivity contribution in [2.75, 3.05) is 6.54 Å². The quantitative estimate of drug-likeness (QED) is 0.923. The number of carboxylic acids is 1. The van der Waals surface area contributed by atoms with E-state index in [9.17, 15) is 9.90 Å². The highest BCUT2D eigenvalue weighted by molar-refractivity contribution is 5.70. The van der Waals surface area contributed by atoms with Crippen LogP contribution in [0.3, 0.4) is 0 Å². The van der Waals surface area contributed by atoms with Crippen molar-refractivity contribution in [1.82, 2.24) is 19.7 Å². The maximum atomic E-state index is 11.5. The Morgan fingerprint density at radius 1 is 1.35 bits per heavy atom. The molecule has 128 valence electrons. The molecule has 1 aliphatic heterocycles. The molecule has 6 heteroatoms. The number of aromatic nitrogens is 3. The number of likely N-dealkylation sites (tertiary alicyclic amines) is 1. The summed E-state index contributed by atoms with van der Waals surface area (Å²) < 4.78 is 1.96. The molecule has 0 aromatic carbocycles. The summed E-state index contributed by atoms with van der Waals surface area (Å²) in [5.74, 6) is 0.0416. The van der Waals surface area contributed by atoms with Gasteiger partial charge in [-0.05, 0) is 39.5 Å². The largest absolute Gasteiger partial charge is 0.481 e. The SMILES string of the molecule is CC(C)n1ncnc1CN1CC(C(=O)O)CCC12CCCCC2. The average molecular weight is 320 g/mol. The van der Waals surface area contributed by atoms with Crippen LogP contribution in [0.15, 0.2) is 6.33 Å². The van der Waals surface area contributed by atoms with Crippen LogP contribution in [0.1, 0.15) is 70.7 Å². The Hall–Kier alpha value is -1.43. The van der Waals surface area contributed by atoms with Crippen LogP contribution in [0, 0.1) is 5.92 Å². The van der Waals surface area contributed by atoms with E-state index in [0.29, 0.717) is 13.1 Å². The van der Waals surface area contributed by atoms with Gasteiger partial charge in [-0.2, -0.15) is 5.10 Å². The molecule has 0 amide bonds. The van der Waals surface area contributed by atoms with E-state index in [1.54, 1.807) is 6.33 Å². The van der Waals surface area contributed by atoms with Gasteiger partial charge in [-0.15, -0.1) is 0 Å². The van der Waals surface area contributed by atoms with Crippen LogP contribution in [0.5, 0.6) is 0 Å². The third kappa shape index (κ3) is 3.27. The molecular formula is C17H28N4O2. The van der Waals surface area contributed by atoms with Crippen molar-refractivity contribution in [3.63, 3.8) is 0 Å². The summed E-state index contributed by atoms with van der Waals surface area (Å²) in [5, 5.41) is 13.8. The molecule has 6 nitrogen and oxygen atoms in total. The minimum Gasteiger partial charge on any atom is -0.481 e. The summed E-state index contributed by atoms with van der Waals surface area (Å²) >= 11 is 0. The van der Waals surface area contributed by atoms with Crippen LogP contribution < -0.4 is 0 Å². The fourth-order valence-electron chi connectivity index (χ4n) is 4.35. The summed E-state index contributed by atoms with van der Waals surface area (Å²) in [6.07, 6.45) is 9.62. The second-order valence-corrected chi connectivity index (χ2v) is 7.45. The topological polar surface area (TPSA) is 71.2 Å². The summed E-state index contributed by atoms with van der Waals surface area (Å²) in [6.45, 7) is 5.55. The smallest absolute Gasteiger partial charge is 0.307 e. The first-order valence-corrected chi connectivity index (χ1v) is 8.88. The Balaban J connectivity index is 1.83. The second-order valence-electron chi connectivity index (χ2n) is 7.45. The van der Waals surface area contributed by atoms with E-state index in [4.69, 9.17) is 0 Å². The minimum atomic E-state index is -0.661. The van der Waals surface area contributed by atoms with Gasteiger partial charge < -0.3 is 5.11 Å². The lowest BCUT2D eigenvalue weighted by Crippen LogP contribution is -2.56. The lowest BCUT2D eigenvalue weighted by Gasteiger charge is -2.51. The molecule has 1 aromatic heterocycles. The van der Waals surface area contributed by atoms with Gasteiger partial charge in [-0.25, -0.2) is 9.67 Å². The highest BCUT2D eigenvalue weighted by Gasteiger charge is 2.44. The molecule has 1 unspecified atom stereocenters. The molecular weight excluding hydrogens is 292 g/mol. The van der Waals surface area contributed by atoms with E-state index in [0.717, 1.165) is 18.7 Å². The molecule has 1 spiro atoms. The van der Waals surface area contributed by atoms with Crippen LogP contribution in [0.25, 0.3) is 0 Å². The summed E-state index contributed by atoms with van der Waals surface area (Å²) in [7, 11) is 0. The van der Waals surface area contributed by atoms with E-state index in [1.807, 2.05) is 4.68 Å². The van der Waals surface area contributed by atoms with E-state index in [2.05, 4.69) is 28.8 Å². The molecule has 1 aromatic rings. The first-order valence-electron chi connectivity index (χ1n) is 8.88. The molecule has 0 bridgehead atoms. The third-order valence-corrected chi connectivity index (χ3v) is 5.67. The number of hydrogen-bond acceptors (Lipinski definition) is 4. The van der Waals surface area contributed by atoms with Gasteiger partial charge in [-0.1, -0.05) is 19.3 Å². The van der Waals surface area contributed by atoms with Gasteiger partial charge in [0, 0.05) is 18.1 Å². The van der Waals surface area contributed by atoms with E-state index < -0.39 is 5.97 Å². The highest BCUT2D eigenvalue weighted by Crippen LogP contribution is 2.42. The Bertz CT molecular complexity index is 549. The molecule has 1 atom stereocenters. The molecule has 1 saturated carbocycles. The van der Waals surface area contributed by atoms with Crippen LogP contribution in [0.2, 0.25) is 0 Å². The van der Waals surface area contributed by atoms with Crippen LogP contribution in [-0.4, -0.2) is 42.8 Å². The second kappa shape index (κ2) is 6.59. The van der Waals surface area contributed by atoms with Gasteiger partial charge >= 0.3 is 5.97 Å². The van der Waals surface area contributed by atoms with Gasteiger partial charge in [0.2, 0.25) is 0 Å². The Kier molecular flexibility index (Phi) is 4.71. The predicted octanol–water partition coefficient (Wildman–Crippen LogP) is 2.86. The van der Waals surface area contributed by atoms with E-state index in [-0.39, 0.29) is 17.5 Å². The molecule has 1 saturated heterocycles. The van der Waals surface area contributed by atoms with Crippen molar-refractivity contribution in [3.8, 4) is 0 Å². The van der Waals surface area contributed by atoms with E-state index in [1.165, 1.54) is 32.1 Å². The van der Waals surface area contributed by atoms with E-state index >= 15 is 0 Å². The van der Waals surface area contributed by atoms with Crippen molar-refractivity contribution in [2.24, 2.45) is 5.92 Å². The Morgan fingerprint density at radius 2 is 2.09 bits per heavy atom. The fourth-order valence-corrected chi connectivity index (χ4v) is 4.35. The number of carboxylic acid groups (broad SMARTS) is 1. The average Bonchev–Trinajstić information content (AvgIpc) is 2.99. The van der Waals surface area contributed by atoms with Crippen LogP contribution in [-0.2, 0) is 11.3 Å². The molecule has 2 heterocycles. The van der Waals surface area contributed by atoms with Gasteiger partial charge in [0.05, 0.1) is 12.5 Å². The maximum Gasteiger partial charge on any atom is 0.307 e. The third-order valence-electron chi connectivity index (χ3n) is 5.67. The minimum absolute atomic E-state index is 0.179. The molecule has 2 aliphatic rings. The van der Waals surface area contributed by atoms with Crippen molar-refractivity contribution < 1.29 is 9.90 Å². The molecule has 23 heavy (non-hydrogen) atoms. The lowest BCUT2D eigenvalue weighted by molar-refractivity contribution is -0.146. The predicted molar refractivity (Wildman–Crippen MR) is 87.0 cm³/mol. The monoisotopic (exact) mass is 320 g/mol.